The van der Waals surface area contributed by atoms with Gasteiger partial charge in [0.1, 0.15) is 11.6 Å². The van der Waals surface area contributed by atoms with Crippen molar-refractivity contribution in [2.24, 2.45) is 0 Å². The number of hydrogen-bond acceptors (Lipinski definition) is 4. The van der Waals surface area contributed by atoms with E-state index < -0.39 is 0 Å². The Morgan fingerprint density at radius 2 is 1.87 bits per heavy atom. The maximum absolute atomic E-state index is 4.91. The Morgan fingerprint density at radius 1 is 1.04 bits per heavy atom. The number of benzene rings is 1. The quantitative estimate of drug-likeness (QED) is 0.746. The number of nitrogens with zero attached hydrogens (tertiary/aromatic N) is 5. The fourth-order valence-electron chi connectivity index (χ4n) is 3.48. The van der Waals surface area contributed by atoms with E-state index >= 15 is 0 Å². The number of rotatable bonds is 3. The molecule has 5 nitrogen and oxygen atoms in total. The van der Waals surface area contributed by atoms with Gasteiger partial charge in [-0.05, 0) is 31.9 Å². The summed E-state index contributed by atoms with van der Waals surface area (Å²) in [5, 5.41) is 0. The van der Waals surface area contributed by atoms with E-state index in [-0.39, 0.29) is 0 Å². The minimum absolute atomic E-state index is 0.486. The Bertz CT molecular complexity index is 874. The lowest BCUT2D eigenvalue weighted by atomic mass is 10.1. The average Bonchev–Trinajstić information content (AvgIpc) is 3.29. The van der Waals surface area contributed by atoms with Gasteiger partial charge in [-0.15, -0.1) is 0 Å². The highest BCUT2D eigenvalue weighted by Crippen LogP contribution is 2.43. The van der Waals surface area contributed by atoms with Crippen LogP contribution in [-0.4, -0.2) is 32.6 Å². The number of fused-ring (bicyclic) bond motifs is 1. The fourth-order valence-corrected chi connectivity index (χ4v) is 3.48. The normalized spacial score (nSPS) is 18.4. The van der Waals surface area contributed by atoms with Gasteiger partial charge < -0.3 is 9.47 Å². The van der Waals surface area contributed by atoms with Crippen LogP contribution >= 0.6 is 0 Å². The minimum atomic E-state index is 0.486. The van der Waals surface area contributed by atoms with Gasteiger partial charge in [0.2, 0.25) is 0 Å². The summed E-state index contributed by atoms with van der Waals surface area (Å²) in [5.74, 6) is 2.93. The lowest BCUT2D eigenvalue weighted by Crippen LogP contribution is -2.48. The van der Waals surface area contributed by atoms with Crippen LogP contribution in [0.15, 0.2) is 36.7 Å². The summed E-state index contributed by atoms with van der Waals surface area (Å²) < 4.78 is 2.48. The third-order valence-corrected chi connectivity index (χ3v) is 4.86. The molecule has 5 heteroatoms. The molecule has 1 aliphatic heterocycles. The van der Waals surface area contributed by atoms with Gasteiger partial charge in [-0.25, -0.2) is 9.97 Å². The van der Waals surface area contributed by atoms with E-state index in [1.807, 2.05) is 13.1 Å². The first-order valence-corrected chi connectivity index (χ1v) is 8.30. The molecular formula is C18H19N5. The van der Waals surface area contributed by atoms with Gasteiger partial charge in [-0.2, -0.15) is 0 Å². The van der Waals surface area contributed by atoms with Crippen molar-refractivity contribution in [1.82, 2.24) is 19.5 Å². The summed E-state index contributed by atoms with van der Waals surface area (Å²) in [6, 6.07) is 9.00. The first-order chi connectivity index (χ1) is 11.3. The van der Waals surface area contributed by atoms with E-state index in [0.29, 0.717) is 12.0 Å². The van der Waals surface area contributed by atoms with Crippen molar-refractivity contribution in [3.05, 3.63) is 48.2 Å². The van der Waals surface area contributed by atoms with E-state index in [0.717, 1.165) is 30.1 Å². The van der Waals surface area contributed by atoms with Gasteiger partial charge >= 0.3 is 0 Å². The van der Waals surface area contributed by atoms with Gasteiger partial charge in [0.25, 0.3) is 0 Å². The number of hydrogen-bond donors (Lipinski definition) is 0. The second-order valence-corrected chi connectivity index (χ2v) is 6.68. The summed E-state index contributed by atoms with van der Waals surface area (Å²) >= 11 is 0. The standard InChI is InChI=1S/C18H19N5/c1-12-8-19-9-17(20-12)22-10-14(11-22)23-16-5-3-2-4-15(16)21-18(23)13-6-7-13/h2-5,8-9,13-14H,6-7,10-11H2,1H3. The molecule has 2 aromatic heterocycles. The second-order valence-electron chi connectivity index (χ2n) is 6.68. The molecule has 0 unspecified atom stereocenters. The molecule has 1 saturated heterocycles. The fraction of sp³-hybridized carbons (Fsp3) is 0.389. The van der Waals surface area contributed by atoms with Crippen molar-refractivity contribution in [1.29, 1.82) is 0 Å². The summed E-state index contributed by atoms with van der Waals surface area (Å²) in [7, 11) is 0. The second kappa shape index (κ2) is 4.78. The molecule has 0 radical (unpaired) electrons. The highest BCUT2D eigenvalue weighted by molar-refractivity contribution is 5.76. The summed E-state index contributed by atoms with van der Waals surface area (Å²) in [5.41, 5.74) is 3.37. The molecule has 1 aromatic carbocycles. The van der Waals surface area contributed by atoms with Crippen LogP contribution in [0.2, 0.25) is 0 Å². The van der Waals surface area contributed by atoms with Crippen LogP contribution in [0, 0.1) is 6.92 Å². The number of anilines is 1. The Balaban J connectivity index is 1.47. The van der Waals surface area contributed by atoms with E-state index in [2.05, 4.69) is 43.7 Å². The van der Waals surface area contributed by atoms with Crippen molar-refractivity contribution in [2.75, 3.05) is 18.0 Å². The summed E-state index contributed by atoms with van der Waals surface area (Å²) in [6.45, 7) is 3.96. The topological polar surface area (TPSA) is 46.8 Å². The first kappa shape index (κ1) is 13.0. The van der Waals surface area contributed by atoms with Crippen LogP contribution in [0.3, 0.4) is 0 Å². The van der Waals surface area contributed by atoms with E-state index in [4.69, 9.17) is 4.98 Å². The van der Waals surface area contributed by atoms with Crippen LogP contribution in [0.5, 0.6) is 0 Å². The highest BCUT2D eigenvalue weighted by Gasteiger charge is 2.36. The molecule has 3 aromatic rings. The highest BCUT2D eigenvalue weighted by atomic mass is 15.3. The van der Waals surface area contributed by atoms with Crippen LogP contribution in [0.4, 0.5) is 5.82 Å². The van der Waals surface area contributed by atoms with Gasteiger partial charge in [0.05, 0.1) is 29.0 Å². The monoisotopic (exact) mass is 305 g/mol. The minimum Gasteiger partial charge on any atom is -0.351 e. The maximum Gasteiger partial charge on any atom is 0.147 e. The number of imidazole rings is 1. The maximum atomic E-state index is 4.91. The van der Waals surface area contributed by atoms with Crippen LogP contribution < -0.4 is 4.90 Å². The number of para-hydroxylation sites is 2. The Kier molecular flexibility index (Phi) is 2.71. The van der Waals surface area contributed by atoms with Crippen LogP contribution in [-0.2, 0) is 0 Å². The molecular weight excluding hydrogens is 286 g/mol. The third-order valence-electron chi connectivity index (χ3n) is 4.86. The predicted molar refractivity (Wildman–Crippen MR) is 89.7 cm³/mol. The summed E-state index contributed by atoms with van der Waals surface area (Å²) in [6.07, 6.45) is 6.22. The van der Waals surface area contributed by atoms with E-state index in [1.165, 1.54) is 24.2 Å². The molecule has 5 rings (SSSR count). The van der Waals surface area contributed by atoms with Crippen molar-refractivity contribution < 1.29 is 0 Å². The van der Waals surface area contributed by atoms with Gasteiger partial charge in [-0.3, -0.25) is 4.98 Å². The lowest BCUT2D eigenvalue weighted by molar-refractivity contribution is 0.394. The van der Waals surface area contributed by atoms with Crippen molar-refractivity contribution in [3.8, 4) is 0 Å². The van der Waals surface area contributed by atoms with Crippen molar-refractivity contribution in [3.63, 3.8) is 0 Å². The zero-order valence-corrected chi connectivity index (χ0v) is 13.2. The molecule has 0 atom stereocenters. The largest absolute Gasteiger partial charge is 0.351 e. The molecule has 0 N–H and O–H groups in total. The van der Waals surface area contributed by atoms with E-state index in [9.17, 15) is 0 Å². The molecule has 0 spiro atoms. The molecule has 0 amide bonds. The van der Waals surface area contributed by atoms with Crippen molar-refractivity contribution >= 4 is 16.9 Å². The molecule has 2 fully saturated rings. The molecule has 23 heavy (non-hydrogen) atoms. The van der Waals surface area contributed by atoms with Crippen LogP contribution in [0.1, 0.15) is 36.3 Å². The molecule has 116 valence electrons. The summed E-state index contributed by atoms with van der Waals surface area (Å²) in [4.78, 5) is 16.0. The molecule has 1 saturated carbocycles. The Morgan fingerprint density at radius 3 is 2.65 bits per heavy atom. The zero-order valence-electron chi connectivity index (χ0n) is 13.2. The van der Waals surface area contributed by atoms with Crippen LogP contribution in [0.25, 0.3) is 11.0 Å². The lowest BCUT2D eigenvalue weighted by Gasteiger charge is -2.41. The number of aryl methyl sites for hydroxylation is 1. The molecule has 3 heterocycles. The van der Waals surface area contributed by atoms with Gasteiger partial charge in [-0.1, -0.05) is 12.1 Å². The molecule has 1 aliphatic carbocycles. The zero-order chi connectivity index (χ0) is 15.4. The van der Waals surface area contributed by atoms with E-state index in [1.54, 1.807) is 6.20 Å². The predicted octanol–water partition coefficient (Wildman–Crippen LogP) is 3.07. The first-order valence-electron chi connectivity index (χ1n) is 8.30. The SMILES string of the molecule is Cc1cncc(N2CC(n3c(C4CC4)nc4ccccc43)C2)n1. The third kappa shape index (κ3) is 2.11. The van der Waals surface area contributed by atoms with Crippen molar-refractivity contribution in [2.45, 2.75) is 31.7 Å². The molecule has 2 aliphatic rings. The Hall–Kier alpha value is -2.43. The van der Waals surface area contributed by atoms with Gasteiger partial charge in [0, 0.05) is 25.2 Å². The number of aromatic nitrogens is 4. The van der Waals surface area contributed by atoms with Gasteiger partial charge in [0.15, 0.2) is 0 Å². The molecule has 0 bridgehead atoms. The average molecular weight is 305 g/mol. The Labute approximate surface area is 135 Å². The smallest absolute Gasteiger partial charge is 0.147 e.